The molecule has 0 amide bonds. The van der Waals surface area contributed by atoms with Crippen molar-refractivity contribution in [3.63, 3.8) is 0 Å². The van der Waals surface area contributed by atoms with Crippen LogP contribution in [0.2, 0.25) is 0 Å². The molecule has 0 spiro atoms. The van der Waals surface area contributed by atoms with E-state index in [2.05, 4.69) is 24.1 Å². The molecule has 138 valence electrons. The summed E-state index contributed by atoms with van der Waals surface area (Å²) in [5.41, 5.74) is 2.00. The van der Waals surface area contributed by atoms with E-state index >= 15 is 0 Å². The van der Waals surface area contributed by atoms with Crippen molar-refractivity contribution in [2.75, 3.05) is 31.6 Å². The van der Waals surface area contributed by atoms with Gasteiger partial charge >= 0.3 is 5.69 Å². The lowest BCUT2D eigenvalue weighted by atomic mass is 10.0. The average molecular weight is 348 g/mol. The average Bonchev–Trinajstić information content (AvgIpc) is 2.61. The fraction of sp³-hybridized carbons (Fsp3) is 0.500. The molecule has 1 aromatic rings. The van der Waals surface area contributed by atoms with Crippen LogP contribution in [0.3, 0.4) is 0 Å². The summed E-state index contributed by atoms with van der Waals surface area (Å²) < 4.78 is 5.24. The van der Waals surface area contributed by atoms with Gasteiger partial charge in [-0.1, -0.05) is 13.8 Å². The topological polar surface area (TPSA) is 91.5 Å². The van der Waals surface area contributed by atoms with E-state index < -0.39 is 4.92 Å². The Morgan fingerprint density at radius 2 is 1.96 bits per heavy atom. The molecule has 1 aromatic carbocycles. The van der Waals surface area contributed by atoms with Crippen molar-refractivity contribution in [3.8, 4) is 5.75 Å². The first kappa shape index (κ1) is 20.5. The molecule has 7 heteroatoms. The monoisotopic (exact) mass is 348 g/mol. The summed E-state index contributed by atoms with van der Waals surface area (Å²) in [6.45, 7) is 8.50. The van der Waals surface area contributed by atoms with Crippen LogP contribution in [0.5, 0.6) is 5.75 Å². The van der Waals surface area contributed by atoms with E-state index in [1.54, 1.807) is 12.3 Å². The summed E-state index contributed by atoms with van der Waals surface area (Å²) in [4.78, 5) is 13.1. The maximum Gasteiger partial charge on any atom is 0.311 e. The predicted octanol–water partition coefficient (Wildman–Crippen LogP) is 3.83. The SMILES string of the molecule is CCCN(CCC)c1cc(OC)c([N+](=O)[O-])cc1/C(C=N)=C/NCC. The van der Waals surface area contributed by atoms with Crippen molar-refractivity contribution in [2.24, 2.45) is 0 Å². The van der Waals surface area contributed by atoms with E-state index in [-0.39, 0.29) is 11.4 Å². The van der Waals surface area contributed by atoms with Crippen molar-refractivity contribution in [1.82, 2.24) is 5.32 Å². The summed E-state index contributed by atoms with van der Waals surface area (Å²) in [6.07, 6.45) is 4.84. The minimum absolute atomic E-state index is 0.0987. The molecule has 0 saturated carbocycles. The van der Waals surface area contributed by atoms with Crippen molar-refractivity contribution in [2.45, 2.75) is 33.6 Å². The normalized spacial score (nSPS) is 11.1. The van der Waals surface area contributed by atoms with Gasteiger partial charge in [-0.3, -0.25) is 10.1 Å². The number of nitro benzene ring substituents is 1. The molecule has 0 heterocycles. The molecular formula is C18H28N4O3. The summed E-state index contributed by atoms with van der Waals surface area (Å²) in [5.74, 6) is 0.230. The Kier molecular flexibility index (Phi) is 8.46. The van der Waals surface area contributed by atoms with Gasteiger partial charge in [0.25, 0.3) is 0 Å². The number of hydrogen-bond donors (Lipinski definition) is 2. The van der Waals surface area contributed by atoms with Crippen LogP contribution in [0.4, 0.5) is 11.4 Å². The van der Waals surface area contributed by atoms with Crippen LogP contribution in [-0.2, 0) is 0 Å². The van der Waals surface area contributed by atoms with Crippen molar-refractivity contribution >= 4 is 23.2 Å². The molecule has 7 nitrogen and oxygen atoms in total. The molecule has 0 aliphatic heterocycles. The van der Waals surface area contributed by atoms with E-state index in [1.165, 1.54) is 19.4 Å². The molecule has 0 aromatic heterocycles. The Hall–Kier alpha value is -2.57. The van der Waals surface area contributed by atoms with Crippen molar-refractivity contribution in [3.05, 3.63) is 34.0 Å². The van der Waals surface area contributed by atoms with E-state index in [9.17, 15) is 10.1 Å². The van der Waals surface area contributed by atoms with Crippen molar-refractivity contribution < 1.29 is 9.66 Å². The third kappa shape index (κ3) is 5.20. The van der Waals surface area contributed by atoms with Gasteiger partial charge in [0.2, 0.25) is 0 Å². The Morgan fingerprint density at radius 1 is 1.32 bits per heavy atom. The van der Waals surface area contributed by atoms with Crippen LogP contribution in [0.25, 0.3) is 5.57 Å². The van der Waals surface area contributed by atoms with Gasteiger partial charge < -0.3 is 20.4 Å². The van der Waals surface area contributed by atoms with Gasteiger partial charge in [0, 0.05) is 61.0 Å². The molecule has 0 atom stereocenters. The Balaban J connectivity index is 3.64. The van der Waals surface area contributed by atoms with Crippen LogP contribution in [0.1, 0.15) is 39.2 Å². The minimum Gasteiger partial charge on any atom is -0.490 e. The van der Waals surface area contributed by atoms with Gasteiger partial charge in [-0.25, -0.2) is 0 Å². The second-order valence-electron chi connectivity index (χ2n) is 5.59. The second-order valence-corrected chi connectivity index (χ2v) is 5.59. The third-order valence-corrected chi connectivity index (χ3v) is 3.75. The van der Waals surface area contributed by atoms with Gasteiger partial charge in [-0.2, -0.15) is 0 Å². The lowest BCUT2D eigenvalue weighted by Gasteiger charge is -2.27. The zero-order valence-corrected chi connectivity index (χ0v) is 15.5. The van der Waals surface area contributed by atoms with Crippen molar-refractivity contribution in [1.29, 1.82) is 5.41 Å². The first-order chi connectivity index (χ1) is 12.0. The standard InChI is InChI=1S/C18H28N4O3/c1-5-8-21(9-6-2)16-11-18(25-4)17(22(23)24)10-15(16)14(12-19)13-20-7-3/h10-13,19-20H,5-9H2,1-4H3/b14-13+,19-12?. The highest BCUT2D eigenvalue weighted by Gasteiger charge is 2.23. The fourth-order valence-electron chi connectivity index (χ4n) is 2.66. The van der Waals surface area contributed by atoms with Gasteiger partial charge in [-0.05, 0) is 19.8 Å². The Morgan fingerprint density at radius 3 is 2.40 bits per heavy atom. The summed E-state index contributed by atoms with van der Waals surface area (Å²) in [6, 6.07) is 3.21. The highest BCUT2D eigenvalue weighted by atomic mass is 16.6. The first-order valence-corrected chi connectivity index (χ1v) is 8.59. The quantitative estimate of drug-likeness (QED) is 0.360. The maximum atomic E-state index is 11.4. The highest BCUT2D eigenvalue weighted by molar-refractivity contribution is 6.11. The zero-order chi connectivity index (χ0) is 18.8. The highest BCUT2D eigenvalue weighted by Crippen LogP contribution is 2.38. The number of ether oxygens (including phenoxy) is 1. The first-order valence-electron chi connectivity index (χ1n) is 8.59. The van der Waals surface area contributed by atoms with Crippen LogP contribution in [0, 0.1) is 15.5 Å². The zero-order valence-electron chi connectivity index (χ0n) is 15.5. The molecule has 0 aliphatic rings. The van der Waals surface area contributed by atoms with Gasteiger partial charge in [0.05, 0.1) is 12.0 Å². The summed E-state index contributed by atoms with van der Waals surface area (Å²) in [5, 5.41) is 22.2. The van der Waals surface area contributed by atoms with E-state index in [0.29, 0.717) is 17.7 Å². The number of benzene rings is 1. The number of rotatable bonds is 11. The maximum absolute atomic E-state index is 11.4. The van der Waals surface area contributed by atoms with Gasteiger partial charge in [0.1, 0.15) is 0 Å². The van der Waals surface area contributed by atoms with E-state index in [0.717, 1.165) is 31.6 Å². The number of nitrogens with zero attached hydrogens (tertiary/aromatic N) is 2. The molecule has 1 rings (SSSR count). The third-order valence-electron chi connectivity index (χ3n) is 3.75. The van der Waals surface area contributed by atoms with Gasteiger partial charge in [-0.15, -0.1) is 0 Å². The van der Waals surface area contributed by atoms with E-state index in [1.807, 2.05) is 6.92 Å². The molecule has 0 bridgehead atoms. The van der Waals surface area contributed by atoms with Crippen LogP contribution >= 0.6 is 0 Å². The number of nitrogens with one attached hydrogen (secondary N) is 2. The minimum atomic E-state index is -0.453. The van der Waals surface area contributed by atoms with E-state index in [4.69, 9.17) is 10.1 Å². The number of allylic oxidation sites excluding steroid dienone is 1. The Bertz CT molecular complexity index is 623. The largest absolute Gasteiger partial charge is 0.490 e. The second kappa shape index (κ2) is 10.3. The number of anilines is 1. The molecule has 2 N–H and O–H groups in total. The van der Waals surface area contributed by atoms with Crippen LogP contribution < -0.4 is 15.0 Å². The predicted molar refractivity (Wildman–Crippen MR) is 103 cm³/mol. The van der Waals surface area contributed by atoms with Crippen LogP contribution in [-0.4, -0.2) is 37.9 Å². The molecule has 0 saturated heterocycles. The molecular weight excluding hydrogens is 320 g/mol. The summed E-state index contributed by atoms with van der Waals surface area (Å²) >= 11 is 0. The smallest absolute Gasteiger partial charge is 0.311 e. The fourth-order valence-corrected chi connectivity index (χ4v) is 2.66. The van der Waals surface area contributed by atoms with Gasteiger partial charge in [0.15, 0.2) is 5.75 Å². The number of nitro groups is 1. The lowest BCUT2D eigenvalue weighted by Crippen LogP contribution is -2.26. The molecule has 0 aliphatic carbocycles. The molecule has 0 unspecified atom stereocenters. The lowest BCUT2D eigenvalue weighted by molar-refractivity contribution is -0.385. The molecule has 0 fully saturated rings. The number of hydrogen-bond acceptors (Lipinski definition) is 6. The van der Waals surface area contributed by atoms with Crippen LogP contribution in [0.15, 0.2) is 18.3 Å². The summed E-state index contributed by atoms with van der Waals surface area (Å²) in [7, 11) is 1.43. The number of methoxy groups -OCH3 is 1. The molecule has 0 radical (unpaired) electrons. The Labute approximate surface area is 149 Å². The molecule has 25 heavy (non-hydrogen) atoms.